The standard InChI is InChI=1S/C12H16O/c1-3-10(2)7-8-11-5-4-6-12(13)9-11/h1,7,11H,4-6,8-9H2,2H3/b10-7+. The van der Waals surface area contributed by atoms with Gasteiger partial charge in [0.1, 0.15) is 5.78 Å². The molecule has 0 aromatic carbocycles. The summed E-state index contributed by atoms with van der Waals surface area (Å²) in [4.78, 5) is 11.1. The first-order chi connectivity index (χ1) is 6.22. The van der Waals surface area contributed by atoms with Gasteiger partial charge in [0.15, 0.2) is 0 Å². The molecule has 0 N–H and O–H groups in total. The van der Waals surface area contributed by atoms with Gasteiger partial charge in [-0.1, -0.05) is 12.0 Å². The van der Waals surface area contributed by atoms with Crippen molar-refractivity contribution < 1.29 is 4.79 Å². The summed E-state index contributed by atoms with van der Waals surface area (Å²) >= 11 is 0. The number of hydrogen-bond acceptors (Lipinski definition) is 1. The van der Waals surface area contributed by atoms with Crippen molar-refractivity contribution in [3.8, 4) is 12.3 Å². The Labute approximate surface area is 80.2 Å². The van der Waals surface area contributed by atoms with Crippen molar-refractivity contribution in [2.45, 2.75) is 39.0 Å². The molecular weight excluding hydrogens is 160 g/mol. The van der Waals surface area contributed by atoms with Crippen LogP contribution in [-0.2, 0) is 4.79 Å². The van der Waals surface area contributed by atoms with Gasteiger partial charge in [-0.15, -0.1) is 6.42 Å². The van der Waals surface area contributed by atoms with E-state index in [-0.39, 0.29) is 0 Å². The molecule has 1 nitrogen and oxygen atoms in total. The van der Waals surface area contributed by atoms with E-state index in [4.69, 9.17) is 6.42 Å². The van der Waals surface area contributed by atoms with Gasteiger partial charge in [0.2, 0.25) is 0 Å². The first-order valence-electron chi connectivity index (χ1n) is 4.87. The third kappa shape index (κ3) is 3.46. The summed E-state index contributed by atoms with van der Waals surface area (Å²) in [5, 5.41) is 0. The number of carbonyl (C=O) groups is 1. The second kappa shape index (κ2) is 4.87. The van der Waals surface area contributed by atoms with Gasteiger partial charge in [-0.3, -0.25) is 4.79 Å². The lowest BCUT2D eigenvalue weighted by atomic mass is 9.86. The van der Waals surface area contributed by atoms with Crippen LogP contribution in [0.2, 0.25) is 0 Å². The molecule has 1 unspecified atom stereocenters. The fraction of sp³-hybridized carbons (Fsp3) is 0.583. The topological polar surface area (TPSA) is 17.1 Å². The molecule has 1 atom stereocenters. The van der Waals surface area contributed by atoms with E-state index in [0.717, 1.165) is 31.3 Å². The predicted octanol–water partition coefficient (Wildman–Crippen LogP) is 2.72. The van der Waals surface area contributed by atoms with Crippen molar-refractivity contribution in [2.75, 3.05) is 0 Å². The summed E-state index contributed by atoms with van der Waals surface area (Å²) in [5.74, 6) is 3.56. The number of hydrogen-bond donors (Lipinski definition) is 0. The van der Waals surface area contributed by atoms with Crippen molar-refractivity contribution in [1.82, 2.24) is 0 Å². The molecule has 70 valence electrons. The van der Waals surface area contributed by atoms with Crippen LogP contribution in [0.1, 0.15) is 39.0 Å². The highest BCUT2D eigenvalue weighted by molar-refractivity contribution is 5.79. The summed E-state index contributed by atoms with van der Waals surface area (Å²) < 4.78 is 0. The average molecular weight is 176 g/mol. The number of terminal acetylenes is 1. The zero-order chi connectivity index (χ0) is 9.68. The lowest BCUT2D eigenvalue weighted by Gasteiger charge is -2.18. The highest BCUT2D eigenvalue weighted by Crippen LogP contribution is 2.24. The minimum Gasteiger partial charge on any atom is -0.300 e. The summed E-state index contributed by atoms with van der Waals surface area (Å²) in [7, 11) is 0. The SMILES string of the molecule is C#C/C(C)=C/CC1CCCC(=O)C1. The van der Waals surface area contributed by atoms with Crippen LogP contribution >= 0.6 is 0 Å². The molecule has 0 bridgehead atoms. The van der Waals surface area contributed by atoms with Gasteiger partial charge >= 0.3 is 0 Å². The number of rotatable bonds is 2. The summed E-state index contributed by atoms with van der Waals surface area (Å²) in [6.07, 6.45) is 12.1. The Balaban J connectivity index is 2.37. The molecule has 0 amide bonds. The van der Waals surface area contributed by atoms with E-state index in [9.17, 15) is 4.79 Å². The summed E-state index contributed by atoms with van der Waals surface area (Å²) in [5.41, 5.74) is 0.984. The van der Waals surface area contributed by atoms with Crippen LogP contribution < -0.4 is 0 Å². The van der Waals surface area contributed by atoms with Gasteiger partial charge in [-0.25, -0.2) is 0 Å². The maximum atomic E-state index is 11.1. The van der Waals surface area contributed by atoms with E-state index in [1.807, 2.05) is 6.92 Å². The van der Waals surface area contributed by atoms with Gasteiger partial charge in [-0.05, 0) is 37.7 Å². The third-order valence-corrected chi connectivity index (χ3v) is 2.57. The van der Waals surface area contributed by atoms with Crippen molar-refractivity contribution in [3.63, 3.8) is 0 Å². The van der Waals surface area contributed by atoms with Gasteiger partial charge < -0.3 is 0 Å². The zero-order valence-electron chi connectivity index (χ0n) is 8.18. The highest BCUT2D eigenvalue weighted by atomic mass is 16.1. The first-order valence-corrected chi connectivity index (χ1v) is 4.87. The second-order valence-corrected chi connectivity index (χ2v) is 3.77. The van der Waals surface area contributed by atoms with Gasteiger partial charge in [0.05, 0.1) is 0 Å². The van der Waals surface area contributed by atoms with Crippen LogP contribution in [0.25, 0.3) is 0 Å². The molecule has 0 spiro atoms. The second-order valence-electron chi connectivity index (χ2n) is 3.77. The molecule has 1 aliphatic carbocycles. The smallest absolute Gasteiger partial charge is 0.133 e. The molecule has 0 heterocycles. The predicted molar refractivity (Wildman–Crippen MR) is 54.2 cm³/mol. The van der Waals surface area contributed by atoms with E-state index in [1.54, 1.807) is 0 Å². The van der Waals surface area contributed by atoms with Crippen LogP contribution in [0.15, 0.2) is 11.6 Å². The molecular formula is C12H16O. The Kier molecular flexibility index (Phi) is 3.76. The van der Waals surface area contributed by atoms with Crippen molar-refractivity contribution in [3.05, 3.63) is 11.6 Å². The molecule has 0 saturated heterocycles. The monoisotopic (exact) mass is 176 g/mol. The molecule has 0 aromatic rings. The fourth-order valence-electron chi connectivity index (χ4n) is 1.72. The van der Waals surface area contributed by atoms with E-state index in [0.29, 0.717) is 11.7 Å². The number of carbonyl (C=O) groups excluding carboxylic acids is 1. The molecule has 1 fully saturated rings. The van der Waals surface area contributed by atoms with Crippen LogP contribution in [0, 0.1) is 18.3 Å². The van der Waals surface area contributed by atoms with Crippen molar-refractivity contribution >= 4 is 5.78 Å². The van der Waals surface area contributed by atoms with Gasteiger partial charge in [0.25, 0.3) is 0 Å². The highest BCUT2D eigenvalue weighted by Gasteiger charge is 2.17. The molecule has 1 heteroatoms. The van der Waals surface area contributed by atoms with Crippen molar-refractivity contribution in [1.29, 1.82) is 0 Å². The summed E-state index contributed by atoms with van der Waals surface area (Å²) in [6, 6.07) is 0. The Morgan fingerprint density at radius 3 is 3.15 bits per heavy atom. The van der Waals surface area contributed by atoms with E-state index >= 15 is 0 Å². The Bertz CT molecular complexity index is 255. The van der Waals surface area contributed by atoms with Gasteiger partial charge in [-0.2, -0.15) is 0 Å². The molecule has 0 aliphatic heterocycles. The number of allylic oxidation sites excluding steroid dienone is 2. The maximum Gasteiger partial charge on any atom is 0.133 e. The van der Waals surface area contributed by atoms with E-state index < -0.39 is 0 Å². The third-order valence-electron chi connectivity index (χ3n) is 2.57. The molecule has 0 radical (unpaired) electrons. The van der Waals surface area contributed by atoms with Crippen LogP contribution in [0.4, 0.5) is 0 Å². The van der Waals surface area contributed by atoms with Crippen molar-refractivity contribution in [2.24, 2.45) is 5.92 Å². The molecule has 13 heavy (non-hydrogen) atoms. The largest absolute Gasteiger partial charge is 0.300 e. The zero-order valence-corrected chi connectivity index (χ0v) is 8.18. The minimum atomic E-state index is 0.419. The Morgan fingerprint density at radius 1 is 1.77 bits per heavy atom. The fourth-order valence-corrected chi connectivity index (χ4v) is 1.72. The number of ketones is 1. The lowest BCUT2D eigenvalue weighted by molar-refractivity contribution is -0.121. The molecule has 1 saturated carbocycles. The normalized spacial score (nSPS) is 24.2. The number of Topliss-reactive ketones (excluding diaryl/α,β-unsaturated/α-hetero) is 1. The quantitative estimate of drug-likeness (QED) is 0.591. The average Bonchev–Trinajstić information content (AvgIpc) is 2.14. The van der Waals surface area contributed by atoms with E-state index in [2.05, 4.69) is 12.0 Å². The first kappa shape index (κ1) is 10.1. The molecule has 1 aliphatic rings. The van der Waals surface area contributed by atoms with Crippen LogP contribution in [0.3, 0.4) is 0 Å². The van der Waals surface area contributed by atoms with Crippen LogP contribution in [-0.4, -0.2) is 5.78 Å². The molecule has 0 aromatic heterocycles. The van der Waals surface area contributed by atoms with Gasteiger partial charge in [0, 0.05) is 12.8 Å². The Morgan fingerprint density at radius 2 is 2.54 bits per heavy atom. The lowest BCUT2D eigenvalue weighted by Crippen LogP contribution is -2.14. The van der Waals surface area contributed by atoms with Crippen LogP contribution in [0.5, 0.6) is 0 Å². The minimum absolute atomic E-state index is 0.419. The Hall–Kier alpha value is -1.03. The summed E-state index contributed by atoms with van der Waals surface area (Å²) in [6.45, 7) is 1.94. The maximum absolute atomic E-state index is 11.1. The molecule has 1 rings (SSSR count). The van der Waals surface area contributed by atoms with E-state index in [1.165, 1.54) is 6.42 Å².